The molecule has 0 saturated carbocycles. The number of rotatable bonds is 9. The molecule has 2 rings (SSSR count). The number of hydrogen-bond donors (Lipinski definition) is 2. The lowest BCUT2D eigenvalue weighted by atomic mass is 9.97. The fraction of sp³-hybridized carbons (Fsp3) is 0.696. The van der Waals surface area contributed by atoms with Gasteiger partial charge in [0.25, 0.3) is 0 Å². The molecule has 164 valence electrons. The minimum Gasteiger partial charge on any atom is -0.497 e. The van der Waals surface area contributed by atoms with Gasteiger partial charge in [-0.05, 0) is 63.3 Å². The molecule has 0 radical (unpaired) electrons. The van der Waals surface area contributed by atoms with E-state index in [0.29, 0.717) is 5.92 Å². The van der Waals surface area contributed by atoms with Crippen LogP contribution in [0.15, 0.2) is 23.2 Å². The molecular weight excluding hydrogens is 364 g/mol. The molecule has 1 aromatic carbocycles. The minimum atomic E-state index is 0.0432. The molecule has 1 fully saturated rings. The highest BCUT2D eigenvalue weighted by atomic mass is 16.5. The smallest absolute Gasteiger partial charge is 0.191 e. The van der Waals surface area contributed by atoms with Crippen molar-refractivity contribution in [3.05, 3.63) is 23.8 Å². The molecule has 0 spiro atoms. The van der Waals surface area contributed by atoms with Crippen LogP contribution < -0.4 is 20.1 Å². The summed E-state index contributed by atoms with van der Waals surface area (Å²) in [6.45, 7) is 14.1. The molecule has 2 N–H and O–H groups in total. The SMILES string of the molecule is CCNC(=NCC1CCCN(CC(C)C)C1)NC(C)c1cc(OC)ccc1OC. The van der Waals surface area contributed by atoms with Crippen LogP contribution in [0.25, 0.3) is 0 Å². The van der Waals surface area contributed by atoms with Crippen molar-refractivity contribution in [2.45, 2.75) is 46.6 Å². The van der Waals surface area contributed by atoms with Crippen molar-refractivity contribution in [3.8, 4) is 11.5 Å². The lowest BCUT2D eigenvalue weighted by Gasteiger charge is -2.33. The highest BCUT2D eigenvalue weighted by Gasteiger charge is 2.20. The Morgan fingerprint density at radius 3 is 2.69 bits per heavy atom. The summed E-state index contributed by atoms with van der Waals surface area (Å²) in [5.74, 6) is 3.86. The van der Waals surface area contributed by atoms with Gasteiger partial charge in [0.05, 0.1) is 20.3 Å². The Morgan fingerprint density at radius 1 is 1.24 bits per heavy atom. The summed E-state index contributed by atoms with van der Waals surface area (Å²) in [6.07, 6.45) is 2.53. The Bertz CT molecular complexity index is 648. The van der Waals surface area contributed by atoms with E-state index in [-0.39, 0.29) is 6.04 Å². The maximum Gasteiger partial charge on any atom is 0.191 e. The number of guanidine groups is 1. The first-order valence-electron chi connectivity index (χ1n) is 11.0. The zero-order valence-corrected chi connectivity index (χ0v) is 19.1. The monoisotopic (exact) mass is 404 g/mol. The van der Waals surface area contributed by atoms with Gasteiger partial charge >= 0.3 is 0 Å². The van der Waals surface area contributed by atoms with Crippen molar-refractivity contribution in [2.24, 2.45) is 16.8 Å². The van der Waals surface area contributed by atoms with Crippen LogP contribution in [0, 0.1) is 11.8 Å². The van der Waals surface area contributed by atoms with Gasteiger partial charge in [-0.1, -0.05) is 13.8 Å². The molecule has 0 amide bonds. The number of aliphatic imine (C=N–C) groups is 1. The Kier molecular flexibility index (Phi) is 9.58. The van der Waals surface area contributed by atoms with Crippen LogP contribution >= 0.6 is 0 Å². The average molecular weight is 405 g/mol. The van der Waals surface area contributed by atoms with Crippen molar-refractivity contribution in [3.63, 3.8) is 0 Å². The van der Waals surface area contributed by atoms with E-state index >= 15 is 0 Å². The number of nitrogens with zero attached hydrogens (tertiary/aromatic N) is 2. The summed E-state index contributed by atoms with van der Waals surface area (Å²) < 4.78 is 10.9. The molecular formula is C23H40N4O2. The van der Waals surface area contributed by atoms with Gasteiger partial charge in [-0.2, -0.15) is 0 Å². The molecule has 1 aliphatic rings. The Labute approximate surface area is 177 Å². The molecule has 6 heteroatoms. The lowest BCUT2D eigenvalue weighted by molar-refractivity contribution is 0.162. The number of benzene rings is 1. The maximum atomic E-state index is 5.54. The highest BCUT2D eigenvalue weighted by Crippen LogP contribution is 2.29. The van der Waals surface area contributed by atoms with Crippen molar-refractivity contribution in [2.75, 3.05) is 46.9 Å². The summed E-state index contributed by atoms with van der Waals surface area (Å²) in [5.41, 5.74) is 1.05. The van der Waals surface area contributed by atoms with Gasteiger partial charge in [0, 0.05) is 31.7 Å². The van der Waals surface area contributed by atoms with Gasteiger partial charge < -0.3 is 25.0 Å². The molecule has 2 unspecified atom stereocenters. The second-order valence-electron chi connectivity index (χ2n) is 8.36. The summed E-state index contributed by atoms with van der Waals surface area (Å²) in [7, 11) is 3.38. The van der Waals surface area contributed by atoms with Crippen LogP contribution in [0.3, 0.4) is 0 Å². The number of hydrogen-bond acceptors (Lipinski definition) is 4. The summed E-state index contributed by atoms with van der Waals surface area (Å²) >= 11 is 0. The second-order valence-corrected chi connectivity index (χ2v) is 8.36. The van der Waals surface area contributed by atoms with Gasteiger partial charge in [-0.3, -0.25) is 4.99 Å². The van der Waals surface area contributed by atoms with Gasteiger partial charge in [-0.25, -0.2) is 0 Å². The number of piperidine rings is 1. The molecule has 0 bridgehead atoms. The quantitative estimate of drug-likeness (QED) is 0.486. The molecule has 1 heterocycles. The molecule has 29 heavy (non-hydrogen) atoms. The van der Waals surface area contributed by atoms with Crippen LogP contribution in [0.2, 0.25) is 0 Å². The predicted molar refractivity (Wildman–Crippen MR) is 121 cm³/mol. The topological polar surface area (TPSA) is 58.1 Å². The Hall–Kier alpha value is -1.95. The van der Waals surface area contributed by atoms with Crippen LogP contribution in [-0.4, -0.2) is 57.8 Å². The molecule has 1 saturated heterocycles. The molecule has 2 atom stereocenters. The fourth-order valence-electron chi connectivity index (χ4n) is 3.98. The van der Waals surface area contributed by atoms with Gasteiger partial charge in [0.2, 0.25) is 0 Å². The standard InChI is InChI=1S/C23H40N4O2/c1-7-24-23(25-14-19-9-8-12-27(16-19)15-17(2)3)26-18(4)21-13-20(28-5)10-11-22(21)29-6/h10-11,13,17-19H,7-9,12,14-16H2,1-6H3,(H2,24,25,26). The average Bonchev–Trinajstić information content (AvgIpc) is 2.71. The molecule has 1 aliphatic heterocycles. The number of ether oxygens (including phenoxy) is 2. The van der Waals surface area contributed by atoms with E-state index in [0.717, 1.165) is 48.6 Å². The van der Waals surface area contributed by atoms with Crippen LogP contribution in [0.4, 0.5) is 0 Å². The van der Waals surface area contributed by atoms with E-state index in [2.05, 4.69) is 43.2 Å². The number of likely N-dealkylation sites (tertiary alicyclic amines) is 1. The Balaban J connectivity index is 2.03. The summed E-state index contributed by atoms with van der Waals surface area (Å²) in [5, 5.41) is 6.92. The van der Waals surface area contributed by atoms with E-state index in [1.807, 2.05) is 18.2 Å². The van der Waals surface area contributed by atoms with Crippen molar-refractivity contribution >= 4 is 5.96 Å². The van der Waals surface area contributed by atoms with Crippen molar-refractivity contribution in [1.29, 1.82) is 0 Å². The van der Waals surface area contributed by atoms with E-state index in [1.165, 1.54) is 25.9 Å². The molecule has 1 aromatic rings. The van der Waals surface area contributed by atoms with E-state index in [1.54, 1.807) is 14.2 Å². The first-order valence-corrected chi connectivity index (χ1v) is 11.0. The van der Waals surface area contributed by atoms with Gasteiger partial charge in [0.15, 0.2) is 5.96 Å². The third-order valence-corrected chi connectivity index (χ3v) is 5.33. The van der Waals surface area contributed by atoms with E-state index < -0.39 is 0 Å². The number of methoxy groups -OCH3 is 2. The van der Waals surface area contributed by atoms with Crippen molar-refractivity contribution in [1.82, 2.24) is 15.5 Å². The van der Waals surface area contributed by atoms with Crippen LogP contribution in [-0.2, 0) is 0 Å². The largest absolute Gasteiger partial charge is 0.497 e. The van der Waals surface area contributed by atoms with Crippen LogP contribution in [0.1, 0.15) is 52.1 Å². The predicted octanol–water partition coefficient (Wildman–Crippen LogP) is 3.69. The first kappa shape index (κ1) is 23.3. The molecule has 0 aromatic heterocycles. The molecule has 6 nitrogen and oxygen atoms in total. The second kappa shape index (κ2) is 11.9. The van der Waals surface area contributed by atoms with Crippen LogP contribution in [0.5, 0.6) is 11.5 Å². The number of nitrogens with one attached hydrogen (secondary N) is 2. The lowest BCUT2D eigenvalue weighted by Crippen LogP contribution is -2.41. The third-order valence-electron chi connectivity index (χ3n) is 5.33. The maximum absolute atomic E-state index is 5.54. The Morgan fingerprint density at radius 2 is 2.03 bits per heavy atom. The van der Waals surface area contributed by atoms with E-state index in [9.17, 15) is 0 Å². The van der Waals surface area contributed by atoms with Crippen molar-refractivity contribution < 1.29 is 9.47 Å². The van der Waals surface area contributed by atoms with E-state index in [4.69, 9.17) is 14.5 Å². The normalized spacial score (nSPS) is 19.1. The van der Waals surface area contributed by atoms with Gasteiger partial charge in [0.1, 0.15) is 11.5 Å². The third kappa shape index (κ3) is 7.42. The first-order chi connectivity index (χ1) is 14.0. The van der Waals surface area contributed by atoms with Gasteiger partial charge in [-0.15, -0.1) is 0 Å². The highest BCUT2D eigenvalue weighted by molar-refractivity contribution is 5.80. The summed E-state index contributed by atoms with van der Waals surface area (Å²) in [4.78, 5) is 7.51. The molecule has 0 aliphatic carbocycles. The minimum absolute atomic E-state index is 0.0432. The fourth-order valence-corrected chi connectivity index (χ4v) is 3.98. The zero-order valence-electron chi connectivity index (χ0n) is 19.1. The summed E-state index contributed by atoms with van der Waals surface area (Å²) in [6, 6.07) is 5.93. The zero-order chi connectivity index (χ0) is 21.2.